The van der Waals surface area contributed by atoms with E-state index in [-0.39, 0.29) is 41.0 Å². The molecule has 4 amide bonds. The fourth-order valence-electron chi connectivity index (χ4n) is 4.01. The predicted molar refractivity (Wildman–Crippen MR) is 145 cm³/mol. The lowest BCUT2D eigenvalue weighted by atomic mass is 10.0. The van der Waals surface area contributed by atoms with Crippen LogP contribution in [0.2, 0.25) is 5.02 Å². The monoisotopic (exact) mass is 549 g/mol. The smallest absolute Gasteiger partial charge is 0.335 e. The molecule has 1 N–H and O–H groups in total. The van der Waals surface area contributed by atoms with Crippen LogP contribution >= 0.6 is 11.6 Å². The number of non-ortho nitro benzene ring substituents is 1. The Morgan fingerprint density at radius 3 is 2.51 bits per heavy atom. The van der Waals surface area contributed by atoms with Crippen molar-refractivity contribution in [1.29, 1.82) is 0 Å². The van der Waals surface area contributed by atoms with Crippen LogP contribution in [0.5, 0.6) is 11.5 Å². The summed E-state index contributed by atoms with van der Waals surface area (Å²) >= 11 is 6.50. The van der Waals surface area contributed by atoms with Gasteiger partial charge >= 0.3 is 6.03 Å². The number of nitro benzene ring substituents is 1. The molecule has 4 rings (SSSR count). The minimum atomic E-state index is -0.841. The van der Waals surface area contributed by atoms with Gasteiger partial charge in [-0.2, -0.15) is 0 Å². The van der Waals surface area contributed by atoms with Crippen LogP contribution in [-0.4, -0.2) is 29.4 Å². The lowest BCUT2D eigenvalue weighted by Gasteiger charge is -2.28. The van der Waals surface area contributed by atoms with Crippen LogP contribution in [0, 0.1) is 24.0 Å². The summed E-state index contributed by atoms with van der Waals surface area (Å²) in [7, 11) is 0. The zero-order valence-electron chi connectivity index (χ0n) is 21.3. The molecule has 0 aliphatic carbocycles. The predicted octanol–water partition coefficient (Wildman–Crippen LogP) is 5.51. The number of ether oxygens (including phenoxy) is 2. The van der Waals surface area contributed by atoms with E-state index in [1.54, 1.807) is 44.2 Å². The van der Waals surface area contributed by atoms with Gasteiger partial charge in [0.25, 0.3) is 17.5 Å². The Hall–Kier alpha value is -4.70. The first-order chi connectivity index (χ1) is 18.6. The number of nitrogens with one attached hydrogen (secondary N) is 1. The number of hydrogen-bond donors (Lipinski definition) is 1. The quantitative estimate of drug-likeness (QED) is 0.170. The summed E-state index contributed by atoms with van der Waals surface area (Å²) in [4.78, 5) is 50.1. The molecule has 10 nitrogen and oxygen atoms in total. The number of benzene rings is 3. The van der Waals surface area contributed by atoms with Crippen LogP contribution in [0.1, 0.15) is 29.2 Å². The van der Waals surface area contributed by atoms with Gasteiger partial charge in [-0.3, -0.25) is 25.0 Å². The van der Waals surface area contributed by atoms with Crippen molar-refractivity contribution < 1.29 is 28.8 Å². The van der Waals surface area contributed by atoms with Crippen LogP contribution in [0.15, 0.2) is 60.2 Å². The molecule has 1 heterocycles. The number of nitro groups is 1. The molecule has 11 heteroatoms. The number of barbiturate groups is 1. The van der Waals surface area contributed by atoms with Gasteiger partial charge in [0.2, 0.25) is 0 Å². The van der Waals surface area contributed by atoms with E-state index >= 15 is 0 Å². The third-order valence-electron chi connectivity index (χ3n) is 6.07. The number of nitrogens with zero attached hydrogens (tertiary/aromatic N) is 2. The number of aryl methyl sites for hydroxylation is 1. The SMILES string of the molecule is CCOc1cc(/C=C2\C(=O)NC(=O)N(c3cccc(C)c3C)C2=O)cc(Cl)c1OCc1cccc([N+](=O)[O-])c1. The van der Waals surface area contributed by atoms with Gasteiger partial charge in [-0.15, -0.1) is 0 Å². The van der Waals surface area contributed by atoms with Gasteiger partial charge in [0.15, 0.2) is 11.5 Å². The Kier molecular flexibility index (Phi) is 7.96. The summed E-state index contributed by atoms with van der Waals surface area (Å²) < 4.78 is 11.5. The first kappa shape index (κ1) is 27.3. The van der Waals surface area contributed by atoms with E-state index in [2.05, 4.69) is 5.32 Å². The van der Waals surface area contributed by atoms with Gasteiger partial charge in [-0.1, -0.05) is 35.9 Å². The van der Waals surface area contributed by atoms with Crippen molar-refractivity contribution in [2.45, 2.75) is 27.4 Å². The Bertz CT molecular complexity index is 1530. The summed E-state index contributed by atoms with van der Waals surface area (Å²) in [6.07, 6.45) is 1.32. The third kappa shape index (κ3) is 5.75. The maximum Gasteiger partial charge on any atom is 0.335 e. The van der Waals surface area contributed by atoms with Gasteiger partial charge in [-0.05, 0) is 67.3 Å². The Balaban J connectivity index is 1.67. The second-order valence-corrected chi connectivity index (χ2v) is 9.06. The van der Waals surface area contributed by atoms with E-state index in [0.29, 0.717) is 16.8 Å². The number of amides is 4. The highest BCUT2D eigenvalue weighted by Gasteiger charge is 2.37. The van der Waals surface area contributed by atoms with E-state index in [9.17, 15) is 24.5 Å². The number of halogens is 1. The summed E-state index contributed by atoms with van der Waals surface area (Å²) in [6.45, 7) is 5.64. The molecule has 0 spiro atoms. The second-order valence-electron chi connectivity index (χ2n) is 8.66. The van der Waals surface area contributed by atoms with Crippen molar-refractivity contribution in [2.24, 2.45) is 0 Å². The standard InChI is InChI=1S/C28H24ClN3O7/c1-4-38-24-14-19(13-22(29)25(24)39-15-18-8-6-9-20(11-18)32(36)37)12-21-26(33)30-28(35)31(27(21)34)23-10-5-7-16(2)17(23)3/h5-14H,4,15H2,1-3H3,(H,30,33,35)/b21-12+. The Morgan fingerprint density at radius 2 is 1.79 bits per heavy atom. The zero-order chi connectivity index (χ0) is 28.3. The fraction of sp³-hybridized carbons (Fsp3) is 0.179. The lowest BCUT2D eigenvalue weighted by molar-refractivity contribution is -0.384. The topological polar surface area (TPSA) is 128 Å². The Morgan fingerprint density at radius 1 is 1.05 bits per heavy atom. The van der Waals surface area contributed by atoms with E-state index in [0.717, 1.165) is 16.0 Å². The van der Waals surface area contributed by atoms with E-state index in [1.807, 2.05) is 13.0 Å². The minimum absolute atomic E-state index is 0.0181. The van der Waals surface area contributed by atoms with Crippen molar-refractivity contribution in [1.82, 2.24) is 5.32 Å². The summed E-state index contributed by atoms with van der Waals surface area (Å²) in [5.41, 5.74) is 2.55. The van der Waals surface area contributed by atoms with Gasteiger partial charge in [0, 0.05) is 12.1 Å². The number of hydrogen-bond acceptors (Lipinski definition) is 7. The average molecular weight is 550 g/mol. The third-order valence-corrected chi connectivity index (χ3v) is 6.35. The second kappa shape index (κ2) is 11.4. The normalized spacial score (nSPS) is 14.4. The molecular weight excluding hydrogens is 526 g/mol. The highest BCUT2D eigenvalue weighted by Crippen LogP contribution is 2.38. The summed E-state index contributed by atoms with van der Waals surface area (Å²) in [5, 5.41) is 13.4. The first-order valence-corrected chi connectivity index (χ1v) is 12.3. The first-order valence-electron chi connectivity index (χ1n) is 11.9. The molecule has 200 valence electrons. The number of urea groups is 1. The van der Waals surface area contributed by atoms with Crippen molar-refractivity contribution in [3.8, 4) is 11.5 Å². The zero-order valence-corrected chi connectivity index (χ0v) is 22.1. The molecule has 0 bridgehead atoms. The van der Waals surface area contributed by atoms with Gasteiger partial charge in [0.1, 0.15) is 12.2 Å². The Labute approximate surface area is 228 Å². The van der Waals surface area contributed by atoms with E-state index < -0.39 is 22.8 Å². The molecule has 1 aliphatic rings. The van der Waals surface area contributed by atoms with Crippen LogP contribution in [-0.2, 0) is 16.2 Å². The molecule has 1 aliphatic heterocycles. The van der Waals surface area contributed by atoms with Crippen LogP contribution < -0.4 is 19.7 Å². The van der Waals surface area contributed by atoms with Gasteiger partial charge in [-0.25, -0.2) is 9.69 Å². The van der Waals surface area contributed by atoms with Gasteiger partial charge < -0.3 is 9.47 Å². The van der Waals surface area contributed by atoms with E-state index in [1.165, 1.54) is 24.3 Å². The molecule has 0 atom stereocenters. The number of carbonyl (C=O) groups is 3. The molecule has 1 fully saturated rings. The van der Waals surface area contributed by atoms with Crippen LogP contribution in [0.4, 0.5) is 16.2 Å². The van der Waals surface area contributed by atoms with Gasteiger partial charge in [0.05, 0.1) is 22.2 Å². The fourth-order valence-corrected chi connectivity index (χ4v) is 4.28. The average Bonchev–Trinajstić information content (AvgIpc) is 2.88. The minimum Gasteiger partial charge on any atom is -0.490 e. The molecule has 1 saturated heterocycles. The summed E-state index contributed by atoms with van der Waals surface area (Å²) in [5.74, 6) is -1.18. The van der Waals surface area contributed by atoms with Crippen molar-refractivity contribution >= 4 is 46.9 Å². The molecule has 0 aromatic heterocycles. The lowest BCUT2D eigenvalue weighted by Crippen LogP contribution is -2.54. The van der Waals surface area contributed by atoms with Crippen molar-refractivity contribution in [3.05, 3.63) is 97.6 Å². The van der Waals surface area contributed by atoms with Crippen molar-refractivity contribution in [3.63, 3.8) is 0 Å². The van der Waals surface area contributed by atoms with E-state index in [4.69, 9.17) is 21.1 Å². The largest absolute Gasteiger partial charge is 0.490 e. The molecule has 3 aromatic carbocycles. The highest BCUT2D eigenvalue weighted by atomic mass is 35.5. The molecular formula is C28H24ClN3O7. The molecule has 0 saturated carbocycles. The van der Waals surface area contributed by atoms with Crippen LogP contribution in [0.25, 0.3) is 6.08 Å². The van der Waals surface area contributed by atoms with Crippen LogP contribution in [0.3, 0.4) is 0 Å². The summed E-state index contributed by atoms with van der Waals surface area (Å²) in [6, 6.07) is 13.4. The number of imide groups is 2. The molecule has 3 aromatic rings. The number of carbonyl (C=O) groups excluding carboxylic acids is 3. The van der Waals surface area contributed by atoms with Crippen molar-refractivity contribution in [2.75, 3.05) is 11.5 Å². The number of anilines is 1. The molecule has 0 radical (unpaired) electrons. The maximum atomic E-state index is 13.4. The molecule has 39 heavy (non-hydrogen) atoms. The number of rotatable bonds is 8. The molecule has 0 unspecified atom stereocenters. The highest BCUT2D eigenvalue weighted by molar-refractivity contribution is 6.39. The maximum absolute atomic E-state index is 13.4.